The SMILES string of the molecule is CN(Cc1ccc2c(c1)OCO2)C(C(=O)N1CCCC1)c1ccccc1. The molecule has 2 aliphatic rings. The first kappa shape index (κ1) is 16.9. The molecule has 1 amide bonds. The molecular weight excluding hydrogens is 328 g/mol. The van der Waals surface area contributed by atoms with Crippen molar-refractivity contribution in [3.05, 3.63) is 59.7 Å². The Morgan fingerprint density at radius 1 is 1.08 bits per heavy atom. The lowest BCUT2D eigenvalue weighted by Gasteiger charge is -2.31. The Bertz CT molecular complexity index is 772. The Kier molecular flexibility index (Phi) is 4.80. The highest BCUT2D eigenvalue weighted by atomic mass is 16.7. The molecule has 1 atom stereocenters. The van der Waals surface area contributed by atoms with Gasteiger partial charge in [-0.15, -0.1) is 0 Å². The Morgan fingerprint density at radius 2 is 1.81 bits per heavy atom. The van der Waals surface area contributed by atoms with E-state index in [2.05, 4.69) is 4.90 Å². The van der Waals surface area contributed by atoms with E-state index < -0.39 is 0 Å². The summed E-state index contributed by atoms with van der Waals surface area (Å²) in [6.45, 7) is 2.66. The van der Waals surface area contributed by atoms with Crippen molar-refractivity contribution in [2.24, 2.45) is 0 Å². The van der Waals surface area contributed by atoms with Crippen molar-refractivity contribution in [1.82, 2.24) is 9.80 Å². The second-order valence-electron chi connectivity index (χ2n) is 6.95. The highest BCUT2D eigenvalue weighted by Crippen LogP contribution is 2.33. The Balaban J connectivity index is 1.57. The summed E-state index contributed by atoms with van der Waals surface area (Å²) in [5.41, 5.74) is 2.14. The quantitative estimate of drug-likeness (QED) is 0.829. The van der Waals surface area contributed by atoms with Crippen LogP contribution in [0.4, 0.5) is 0 Å². The first-order chi connectivity index (χ1) is 12.7. The van der Waals surface area contributed by atoms with E-state index in [-0.39, 0.29) is 18.7 Å². The predicted octanol–water partition coefficient (Wildman–Crippen LogP) is 3.21. The number of amides is 1. The number of nitrogens with zero attached hydrogens (tertiary/aromatic N) is 2. The molecule has 1 unspecified atom stereocenters. The molecule has 5 heteroatoms. The van der Waals surface area contributed by atoms with Gasteiger partial charge in [0.25, 0.3) is 0 Å². The zero-order chi connectivity index (χ0) is 17.9. The van der Waals surface area contributed by atoms with Crippen LogP contribution in [-0.4, -0.2) is 42.6 Å². The minimum atomic E-state index is -0.278. The fourth-order valence-corrected chi connectivity index (χ4v) is 3.75. The first-order valence-electron chi connectivity index (χ1n) is 9.15. The van der Waals surface area contributed by atoms with Gasteiger partial charge in [0, 0.05) is 19.6 Å². The summed E-state index contributed by atoms with van der Waals surface area (Å²) in [5.74, 6) is 1.75. The van der Waals surface area contributed by atoms with Gasteiger partial charge in [0.05, 0.1) is 0 Å². The molecule has 2 aliphatic heterocycles. The van der Waals surface area contributed by atoms with Crippen LogP contribution >= 0.6 is 0 Å². The van der Waals surface area contributed by atoms with E-state index in [1.807, 2.05) is 60.5 Å². The number of carbonyl (C=O) groups is 1. The third kappa shape index (κ3) is 3.40. The lowest BCUT2D eigenvalue weighted by molar-refractivity contribution is -0.136. The highest BCUT2D eigenvalue weighted by molar-refractivity contribution is 5.83. The molecule has 0 saturated carbocycles. The maximum atomic E-state index is 13.2. The normalized spacial score (nSPS) is 16.9. The summed E-state index contributed by atoms with van der Waals surface area (Å²) in [4.78, 5) is 17.3. The predicted molar refractivity (Wildman–Crippen MR) is 99.0 cm³/mol. The molecule has 0 radical (unpaired) electrons. The average Bonchev–Trinajstić information content (AvgIpc) is 3.34. The molecule has 2 aromatic rings. The van der Waals surface area contributed by atoms with E-state index in [1.165, 1.54) is 0 Å². The molecule has 0 spiro atoms. The van der Waals surface area contributed by atoms with Crippen LogP contribution in [0.3, 0.4) is 0 Å². The van der Waals surface area contributed by atoms with Crippen LogP contribution in [0.5, 0.6) is 11.5 Å². The number of rotatable bonds is 5. The summed E-state index contributed by atoms with van der Waals surface area (Å²) in [7, 11) is 2.01. The van der Waals surface area contributed by atoms with E-state index >= 15 is 0 Å². The number of likely N-dealkylation sites (N-methyl/N-ethyl adjacent to an activating group) is 1. The van der Waals surface area contributed by atoms with Crippen molar-refractivity contribution in [3.8, 4) is 11.5 Å². The lowest BCUT2D eigenvalue weighted by atomic mass is 10.0. The summed E-state index contributed by atoms with van der Waals surface area (Å²) >= 11 is 0. The summed E-state index contributed by atoms with van der Waals surface area (Å²) in [6.07, 6.45) is 2.19. The zero-order valence-corrected chi connectivity index (χ0v) is 15.1. The lowest BCUT2D eigenvalue weighted by Crippen LogP contribution is -2.40. The summed E-state index contributed by atoms with van der Waals surface area (Å²) < 4.78 is 10.9. The smallest absolute Gasteiger partial charge is 0.244 e. The van der Waals surface area contributed by atoms with E-state index in [4.69, 9.17) is 9.47 Å². The van der Waals surface area contributed by atoms with E-state index in [1.54, 1.807) is 0 Å². The second kappa shape index (κ2) is 7.38. The molecule has 1 saturated heterocycles. The minimum absolute atomic E-state index is 0.192. The van der Waals surface area contributed by atoms with Crippen molar-refractivity contribution in [1.29, 1.82) is 0 Å². The number of ether oxygens (including phenoxy) is 2. The third-order valence-electron chi connectivity index (χ3n) is 5.08. The van der Waals surface area contributed by atoms with Crippen molar-refractivity contribution < 1.29 is 14.3 Å². The van der Waals surface area contributed by atoms with Crippen molar-refractivity contribution in [3.63, 3.8) is 0 Å². The van der Waals surface area contributed by atoms with Gasteiger partial charge >= 0.3 is 0 Å². The highest BCUT2D eigenvalue weighted by Gasteiger charge is 2.31. The first-order valence-corrected chi connectivity index (χ1v) is 9.15. The van der Waals surface area contributed by atoms with Gasteiger partial charge in [-0.1, -0.05) is 36.4 Å². The molecule has 0 aromatic heterocycles. The van der Waals surface area contributed by atoms with Gasteiger partial charge in [0.2, 0.25) is 12.7 Å². The standard InChI is InChI=1S/C21H24N2O3/c1-22(14-16-9-10-18-19(13-16)26-15-25-18)20(17-7-3-2-4-8-17)21(24)23-11-5-6-12-23/h2-4,7-10,13,20H,5-6,11-12,14-15H2,1H3. The Hall–Kier alpha value is -2.53. The van der Waals surface area contributed by atoms with E-state index in [0.29, 0.717) is 6.54 Å². The van der Waals surface area contributed by atoms with Gasteiger partial charge < -0.3 is 14.4 Å². The number of likely N-dealkylation sites (tertiary alicyclic amines) is 1. The molecule has 2 aromatic carbocycles. The van der Waals surface area contributed by atoms with Gasteiger partial charge in [0.15, 0.2) is 11.5 Å². The molecule has 0 bridgehead atoms. The van der Waals surface area contributed by atoms with Crippen molar-refractivity contribution in [2.75, 3.05) is 26.9 Å². The molecule has 1 fully saturated rings. The van der Waals surface area contributed by atoms with Crippen LogP contribution in [0.25, 0.3) is 0 Å². The number of hydrogen-bond acceptors (Lipinski definition) is 4. The van der Waals surface area contributed by atoms with Gasteiger partial charge in [0.1, 0.15) is 6.04 Å². The van der Waals surface area contributed by atoms with E-state index in [0.717, 1.165) is 48.6 Å². The van der Waals surface area contributed by atoms with Gasteiger partial charge in [-0.25, -0.2) is 0 Å². The van der Waals surface area contributed by atoms with Gasteiger partial charge in [-0.3, -0.25) is 9.69 Å². The van der Waals surface area contributed by atoms with Crippen LogP contribution in [0.15, 0.2) is 48.5 Å². The van der Waals surface area contributed by atoms with Crippen molar-refractivity contribution in [2.45, 2.75) is 25.4 Å². The fraction of sp³-hybridized carbons (Fsp3) is 0.381. The monoisotopic (exact) mass is 352 g/mol. The van der Waals surface area contributed by atoms with Crippen molar-refractivity contribution >= 4 is 5.91 Å². The number of fused-ring (bicyclic) bond motifs is 1. The van der Waals surface area contributed by atoms with Crippen LogP contribution in [0, 0.1) is 0 Å². The second-order valence-corrected chi connectivity index (χ2v) is 6.95. The minimum Gasteiger partial charge on any atom is -0.454 e. The van der Waals surface area contributed by atoms with Crippen LogP contribution in [0.2, 0.25) is 0 Å². The van der Waals surface area contributed by atoms with Crippen LogP contribution in [-0.2, 0) is 11.3 Å². The largest absolute Gasteiger partial charge is 0.454 e. The molecule has 2 heterocycles. The molecule has 136 valence electrons. The molecule has 5 nitrogen and oxygen atoms in total. The number of hydrogen-bond donors (Lipinski definition) is 0. The maximum absolute atomic E-state index is 13.2. The number of benzene rings is 2. The van der Waals surface area contributed by atoms with Gasteiger partial charge in [-0.05, 0) is 43.1 Å². The zero-order valence-electron chi connectivity index (χ0n) is 15.1. The molecule has 26 heavy (non-hydrogen) atoms. The van der Waals surface area contributed by atoms with E-state index in [9.17, 15) is 4.79 Å². The maximum Gasteiger partial charge on any atom is 0.244 e. The topological polar surface area (TPSA) is 42.0 Å². The molecule has 0 aliphatic carbocycles. The third-order valence-corrected chi connectivity index (χ3v) is 5.08. The Morgan fingerprint density at radius 3 is 2.58 bits per heavy atom. The fourth-order valence-electron chi connectivity index (χ4n) is 3.75. The summed E-state index contributed by atoms with van der Waals surface area (Å²) in [6, 6.07) is 15.7. The molecule has 4 rings (SSSR count). The molecular formula is C21H24N2O3. The van der Waals surface area contributed by atoms with Gasteiger partial charge in [-0.2, -0.15) is 0 Å². The number of carbonyl (C=O) groups excluding carboxylic acids is 1. The average molecular weight is 352 g/mol. The summed E-state index contributed by atoms with van der Waals surface area (Å²) in [5, 5.41) is 0. The van der Waals surface area contributed by atoms with Crippen LogP contribution in [0.1, 0.15) is 30.0 Å². The Labute approximate surface area is 154 Å². The van der Waals surface area contributed by atoms with Crippen LogP contribution < -0.4 is 9.47 Å². The molecule has 0 N–H and O–H groups in total.